The molecule has 0 spiro atoms. The maximum Gasteiger partial charge on any atom is 0.508 e. The molecule has 0 aromatic rings. The number of hydrogen-bond acceptors (Lipinski definition) is 7. The summed E-state index contributed by atoms with van der Waals surface area (Å²) in [5.41, 5.74) is -1.88. The third-order valence-corrected chi connectivity index (χ3v) is 9.09. The lowest BCUT2D eigenvalue weighted by atomic mass is 9.46. The van der Waals surface area contributed by atoms with Gasteiger partial charge in [0.05, 0.1) is 12.7 Å². The van der Waals surface area contributed by atoms with Crippen LogP contribution in [0.5, 0.6) is 0 Å². The largest absolute Gasteiger partial charge is 0.508 e. The van der Waals surface area contributed by atoms with Gasteiger partial charge in [0.2, 0.25) is 5.78 Å². The summed E-state index contributed by atoms with van der Waals surface area (Å²) in [7, 11) is 0. The molecule has 32 heavy (non-hydrogen) atoms. The van der Waals surface area contributed by atoms with E-state index in [-0.39, 0.29) is 42.5 Å². The van der Waals surface area contributed by atoms with Crippen LogP contribution in [0.4, 0.5) is 4.79 Å². The Hall–Kier alpha value is -1.99. The molecule has 7 heteroatoms. The van der Waals surface area contributed by atoms with E-state index in [2.05, 4.69) is 6.92 Å². The van der Waals surface area contributed by atoms with Crippen molar-refractivity contribution >= 4 is 17.7 Å². The van der Waals surface area contributed by atoms with Crippen molar-refractivity contribution in [1.82, 2.24) is 0 Å². The molecule has 4 aliphatic rings. The SMILES string of the molecule is CCOC(=O)OCC(=O)[C@@]1(O)[C@@H](C)CC2C3CCC4=CC(=O)C=C[C@]4(C)C3C(O)C[C@@]21C. The van der Waals surface area contributed by atoms with Gasteiger partial charge in [0, 0.05) is 16.7 Å². The van der Waals surface area contributed by atoms with Gasteiger partial charge in [-0.3, -0.25) is 9.59 Å². The summed E-state index contributed by atoms with van der Waals surface area (Å²) in [6, 6.07) is 0. The van der Waals surface area contributed by atoms with Crippen LogP contribution < -0.4 is 0 Å². The maximum atomic E-state index is 13.2. The van der Waals surface area contributed by atoms with Gasteiger partial charge in [-0.2, -0.15) is 0 Å². The predicted octanol–water partition coefficient (Wildman–Crippen LogP) is 2.98. The summed E-state index contributed by atoms with van der Waals surface area (Å²) in [6.45, 7) is 7.08. The van der Waals surface area contributed by atoms with Crippen molar-refractivity contribution in [2.75, 3.05) is 13.2 Å². The second-order valence-corrected chi connectivity index (χ2v) is 10.5. The van der Waals surface area contributed by atoms with Crippen molar-refractivity contribution in [3.8, 4) is 0 Å². The zero-order chi connectivity index (χ0) is 23.5. The van der Waals surface area contributed by atoms with Gasteiger partial charge >= 0.3 is 6.16 Å². The van der Waals surface area contributed by atoms with Crippen LogP contribution in [-0.2, 0) is 19.1 Å². The molecule has 7 nitrogen and oxygen atoms in total. The van der Waals surface area contributed by atoms with Crippen LogP contribution >= 0.6 is 0 Å². The van der Waals surface area contributed by atoms with E-state index < -0.39 is 41.1 Å². The fourth-order valence-corrected chi connectivity index (χ4v) is 7.65. The molecule has 4 unspecified atom stereocenters. The van der Waals surface area contributed by atoms with Crippen LogP contribution in [0.2, 0.25) is 0 Å². The van der Waals surface area contributed by atoms with E-state index in [4.69, 9.17) is 9.47 Å². The number of fused-ring (bicyclic) bond motifs is 5. The Balaban J connectivity index is 1.64. The topological polar surface area (TPSA) is 110 Å². The van der Waals surface area contributed by atoms with Crippen molar-refractivity contribution < 1.29 is 34.1 Å². The standard InChI is InChI=1S/C25H34O7/c1-5-31-22(29)32-13-20(28)25(30)14(2)10-18-17-7-6-15-11-16(26)8-9-23(15,3)21(17)19(27)12-24(18,25)4/h8-9,11,14,17-19,21,27,30H,5-7,10,12-13H2,1-4H3/t14-,17?,18?,19?,21?,23-,24-,25-/m0/s1. The molecule has 2 N–H and O–H groups in total. The predicted molar refractivity (Wildman–Crippen MR) is 115 cm³/mol. The maximum absolute atomic E-state index is 13.2. The van der Waals surface area contributed by atoms with Crippen molar-refractivity contribution in [2.24, 2.45) is 34.5 Å². The van der Waals surface area contributed by atoms with Gasteiger partial charge in [-0.1, -0.05) is 32.4 Å². The quantitative estimate of drug-likeness (QED) is 0.639. The number of aliphatic hydroxyl groups excluding tert-OH is 1. The Kier molecular flexibility index (Phi) is 5.65. The molecule has 0 amide bonds. The number of hydrogen-bond donors (Lipinski definition) is 2. The summed E-state index contributed by atoms with van der Waals surface area (Å²) in [5, 5.41) is 23.2. The molecule has 0 saturated heterocycles. The van der Waals surface area contributed by atoms with E-state index >= 15 is 0 Å². The van der Waals surface area contributed by atoms with E-state index in [1.165, 1.54) is 0 Å². The monoisotopic (exact) mass is 446 g/mol. The number of allylic oxidation sites excluding steroid dienone is 4. The summed E-state index contributed by atoms with van der Waals surface area (Å²) < 4.78 is 9.68. The van der Waals surface area contributed by atoms with Crippen LogP contribution in [-0.4, -0.2) is 52.9 Å². The first-order chi connectivity index (χ1) is 15.0. The minimum atomic E-state index is -1.70. The smallest absolute Gasteiger partial charge is 0.435 e. The van der Waals surface area contributed by atoms with E-state index in [0.29, 0.717) is 6.42 Å². The van der Waals surface area contributed by atoms with E-state index in [0.717, 1.165) is 18.4 Å². The number of carbonyl (C=O) groups excluding carboxylic acids is 3. The summed E-state index contributed by atoms with van der Waals surface area (Å²) >= 11 is 0. The lowest BCUT2D eigenvalue weighted by molar-refractivity contribution is -0.184. The normalized spacial score (nSPS) is 44.8. The number of ether oxygens (including phenoxy) is 2. The summed E-state index contributed by atoms with van der Waals surface area (Å²) in [5.74, 6) is -0.826. The van der Waals surface area contributed by atoms with Crippen molar-refractivity contribution in [3.63, 3.8) is 0 Å². The fourth-order valence-electron chi connectivity index (χ4n) is 7.65. The molecule has 0 aliphatic heterocycles. The molecule has 0 aromatic carbocycles. The summed E-state index contributed by atoms with van der Waals surface area (Å²) in [6.07, 6.45) is 6.08. The zero-order valence-electron chi connectivity index (χ0n) is 19.3. The second kappa shape index (κ2) is 7.80. The number of Topliss-reactive ketones (excluding diaryl/α,β-unsaturated/α-hetero) is 1. The lowest BCUT2D eigenvalue weighted by Crippen LogP contribution is -2.62. The van der Waals surface area contributed by atoms with Crippen molar-refractivity contribution in [3.05, 3.63) is 23.8 Å². The Labute approximate surface area is 188 Å². The van der Waals surface area contributed by atoms with E-state index in [1.54, 1.807) is 19.1 Å². The molecular formula is C25H34O7. The van der Waals surface area contributed by atoms with Gasteiger partial charge in [0.15, 0.2) is 12.4 Å². The number of carbonyl (C=O) groups is 3. The lowest BCUT2D eigenvalue weighted by Gasteiger charge is -2.59. The highest BCUT2D eigenvalue weighted by atomic mass is 16.7. The highest BCUT2D eigenvalue weighted by Gasteiger charge is 2.70. The molecule has 3 saturated carbocycles. The minimum Gasteiger partial charge on any atom is -0.435 e. The average Bonchev–Trinajstić information content (AvgIpc) is 2.93. The van der Waals surface area contributed by atoms with Gasteiger partial charge in [0.1, 0.15) is 5.60 Å². The first-order valence-corrected chi connectivity index (χ1v) is 11.7. The molecule has 0 heterocycles. The van der Waals surface area contributed by atoms with Crippen molar-refractivity contribution in [2.45, 2.75) is 65.1 Å². The van der Waals surface area contributed by atoms with Crippen LogP contribution in [0.1, 0.15) is 53.4 Å². The van der Waals surface area contributed by atoms with Gasteiger partial charge in [-0.25, -0.2) is 4.79 Å². The molecule has 3 fully saturated rings. The Bertz CT molecular complexity index is 891. The van der Waals surface area contributed by atoms with Crippen LogP contribution in [0.15, 0.2) is 23.8 Å². The van der Waals surface area contributed by atoms with Gasteiger partial charge < -0.3 is 19.7 Å². The van der Waals surface area contributed by atoms with Crippen LogP contribution in [0.3, 0.4) is 0 Å². The molecular weight excluding hydrogens is 412 g/mol. The third kappa shape index (κ3) is 3.11. The fraction of sp³-hybridized carbons (Fsp3) is 0.720. The van der Waals surface area contributed by atoms with E-state index in [9.17, 15) is 24.6 Å². The third-order valence-electron chi connectivity index (χ3n) is 9.09. The van der Waals surface area contributed by atoms with Crippen LogP contribution in [0.25, 0.3) is 0 Å². The molecule has 0 radical (unpaired) electrons. The molecule has 4 aliphatic carbocycles. The number of rotatable bonds is 4. The van der Waals surface area contributed by atoms with Crippen LogP contribution in [0, 0.1) is 34.5 Å². The summed E-state index contributed by atoms with van der Waals surface area (Å²) in [4.78, 5) is 36.8. The molecule has 0 bridgehead atoms. The molecule has 8 atom stereocenters. The van der Waals surface area contributed by atoms with Gasteiger partial charge in [-0.05, 0) is 62.5 Å². The molecule has 4 rings (SSSR count). The second-order valence-electron chi connectivity index (χ2n) is 10.5. The molecule has 0 aromatic heterocycles. The Morgan fingerprint density at radius 2 is 1.97 bits per heavy atom. The average molecular weight is 447 g/mol. The minimum absolute atomic E-state index is 0.0119. The van der Waals surface area contributed by atoms with E-state index in [1.807, 2.05) is 19.9 Å². The number of ketones is 2. The zero-order valence-corrected chi connectivity index (χ0v) is 19.3. The van der Waals surface area contributed by atoms with Gasteiger partial charge in [-0.15, -0.1) is 0 Å². The first kappa shape index (κ1) is 23.2. The highest BCUT2D eigenvalue weighted by Crippen LogP contribution is 2.68. The molecule has 176 valence electrons. The van der Waals surface area contributed by atoms with Gasteiger partial charge in [0.25, 0.3) is 0 Å². The Morgan fingerprint density at radius 1 is 1.25 bits per heavy atom. The highest BCUT2D eigenvalue weighted by molar-refractivity contribution is 6.01. The number of aliphatic hydroxyl groups is 2. The first-order valence-electron chi connectivity index (χ1n) is 11.7. The van der Waals surface area contributed by atoms with Crippen molar-refractivity contribution in [1.29, 1.82) is 0 Å². The Morgan fingerprint density at radius 3 is 2.66 bits per heavy atom.